The maximum atomic E-state index is 13.2. The first kappa shape index (κ1) is 21.6. The van der Waals surface area contributed by atoms with Gasteiger partial charge in [-0.2, -0.15) is 11.8 Å². The van der Waals surface area contributed by atoms with Crippen LogP contribution in [0.15, 0.2) is 47.5 Å². The number of methoxy groups -OCH3 is 1. The first-order chi connectivity index (χ1) is 14.9. The number of benzene rings is 2. The van der Waals surface area contributed by atoms with E-state index in [-0.39, 0.29) is 23.7 Å². The fourth-order valence-corrected chi connectivity index (χ4v) is 5.10. The van der Waals surface area contributed by atoms with Crippen LogP contribution in [0.25, 0.3) is 0 Å². The first-order valence-electron chi connectivity index (χ1n) is 10.6. The van der Waals surface area contributed by atoms with Gasteiger partial charge >= 0.3 is 0 Å². The minimum Gasteiger partial charge on any atom is -0.497 e. The quantitative estimate of drug-likeness (QED) is 0.657. The van der Waals surface area contributed by atoms with Crippen LogP contribution in [-0.4, -0.2) is 59.5 Å². The summed E-state index contributed by atoms with van der Waals surface area (Å²) in [5.41, 5.74) is 3.79. The zero-order valence-corrected chi connectivity index (χ0v) is 19.1. The molecule has 4 rings (SSSR count). The van der Waals surface area contributed by atoms with Gasteiger partial charge in [-0.1, -0.05) is 18.2 Å². The molecule has 5 nitrogen and oxygen atoms in total. The number of thioether (sulfide) groups is 1. The lowest BCUT2D eigenvalue weighted by atomic mass is 9.85. The predicted octanol–water partition coefficient (Wildman–Crippen LogP) is 4.28. The second-order valence-electron chi connectivity index (χ2n) is 8.66. The van der Waals surface area contributed by atoms with Gasteiger partial charge in [0.05, 0.1) is 24.8 Å². The fourth-order valence-electron chi connectivity index (χ4n) is 4.20. The van der Waals surface area contributed by atoms with Gasteiger partial charge in [0.2, 0.25) is 0 Å². The molecule has 0 aromatic heterocycles. The minimum absolute atomic E-state index is 0.00109. The molecule has 1 saturated heterocycles. The van der Waals surface area contributed by atoms with E-state index >= 15 is 0 Å². The summed E-state index contributed by atoms with van der Waals surface area (Å²) in [5, 5.41) is 0. The second kappa shape index (κ2) is 8.87. The molecule has 0 spiro atoms. The molecule has 2 aliphatic rings. The molecule has 31 heavy (non-hydrogen) atoms. The molecule has 162 valence electrons. The third-order valence-corrected chi connectivity index (χ3v) is 6.69. The number of fused-ring (bicyclic) bond motifs is 1. The first-order valence-corrected chi connectivity index (χ1v) is 11.8. The van der Waals surface area contributed by atoms with Crippen molar-refractivity contribution in [2.75, 3.05) is 31.7 Å². The Morgan fingerprint density at radius 3 is 2.58 bits per heavy atom. The Labute approximate surface area is 187 Å². The van der Waals surface area contributed by atoms with Crippen LogP contribution in [0.5, 0.6) is 5.75 Å². The van der Waals surface area contributed by atoms with E-state index in [2.05, 4.69) is 19.9 Å². The minimum atomic E-state index is -0.263. The third kappa shape index (κ3) is 4.85. The van der Waals surface area contributed by atoms with Gasteiger partial charge < -0.3 is 9.64 Å². The molecular weight excluding hydrogens is 408 g/mol. The van der Waals surface area contributed by atoms with E-state index in [1.807, 2.05) is 28.8 Å². The van der Waals surface area contributed by atoms with Crippen molar-refractivity contribution in [3.05, 3.63) is 64.7 Å². The van der Waals surface area contributed by atoms with Crippen molar-refractivity contribution in [2.24, 2.45) is 4.99 Å². The van der Waals surface area contributed by atoms with E-state index in [1.165, 1.54) is 5.56 Å². The number of ether oxygens (including phenoxy) is 1. The Kier molecular flexibility index (Phi) is 6.19. The van der Waals surface area contributed by atoms with Gasteiger partial charge in [0.1, 0.15) is 5.75 Å². The zero-order chi connectivity index (χ0) is 22.0. The highest BCUT2D eigenvalue weighted by Crippen LogP contribution is 2.31. The number of carbonyl (C=O) groups is 2. The van der Waals surface area contributed by atoms with Crippen molar-refractivity contribution >= 4 is 29.2 Å². The van der Waals surface area contributed by atoms with E-state index < -0.39 is 0 Å². The van der Waals surface area contributed by atoms with Crippen molar-refractivity contribution in [1.29, 1.82) is 0 Å². The lowest BCUT2D eigenvalue weighted by molar-refractivity contribution is 0.0772. The summed E-state index contributed by atoms with van der Waals surface area (Å²) in [6, 6.07) is 13.1. The van der Waals surface area contributed by atoms with Gasteiger partial charge in [-0.05, 0) is 50.1 Å². The smallest absolute Gasteiger partial charge is 0.253 e. The number of hydrogen-bond donors (Lipinski definition) is 0. The molecule has 0 radical (unpaired) electrons. The Morgan fingerprint density at radius 1 is 1.10 bits per heavy atom. The largest absolute Gasteiger partial charge is 0.497 e. The lowest BCUT2D eigenvalue weighted by Crippen LogP contribution is -2.37. The highest BCUT2D eigenvalue weighted by atomic mass is 32.2. The summed E-state index contributed by atoms with van der Waals surface area (Å²) in [6.45, 7) is 5.68. The van der Waals surface area contributed by atoms with Crippen LogP contribution < -0.4 is 4.74 Å². The summed E-state index contributed by atoms with van der Waals surface area (Å²) in [5.74, 6) is 2.65. The number of Topliss-reactive ketones (excluding diaryl/α,β-unsaturated/α-hetero) is 1. The molecule has 0 bridgehead atoms. The average molecular weight is 437 g/mol. The van der Waals surface area contributed by atoms with Crippen molar-refractivity contribution in [2.45, 2.75) is 32.2 Å². The Balaban J connectivity index is 1.58. The number of nitrogens with zero attached hydrogens (tertiary/aromatic N) is 2. The van der Waals surface area contributed by atoms with Crippen molar-refractivity contribution in [3.63, 3.8) is 0 Å². The van der Waals surface area contributed by atoms with Crippen molar-refractivity contribution < 1.29 is 14.3 Å². The summed E-state index contributed by atoms with van der Waals surface area (Å²) in [6.07, 6.45) is 1.02. The molecule has 0 atom stereocenters. The Bertz CT molecular complexity index is 1040. The molecule has 2 aromatic rings. The molecule has 1 amide bonds. The Morgan fingerprint density at radius 2 is 1.84 bits per heavy atom. The van der Waals surface area contributed by atoms with Gasteiger partial charge in [-0.15, -0.1) is 0 Å². The number of amides is 1. The summed E-state index contributed by atoms with van der Waals surface area (Å²) in [7, 11) is 1.64. The maximum absolute atomic E-state index is 13.2. The SMILES string of the molecule is COc1ccc2c(c1)C(CC(=O)c1cccc(C(=O)N3CCSCC3)c1)=NC(C)(C)C2. The van der Waals surface area contributed by atoms with Gasteiger partial charge in [0, 0.05) is 41.3 Å². The molecule has 2 aliphatic heterocycles. The van der Waals surface area contributed by atoms with Crippen LogP contribution in [0, 0.1) is 0 Å². The maximum Gasteiger partial charge on any atom is 0.253 e. The van der Waals surface area contributed by atoms with Crippen LogP contribution in [0.1, 0.15) is 52.1 Å². The number of hydrogen-bond acceptors (Lipinski definition) is 5. The molecule has 1 fully saturated rings. The number of carbonyl (C=O) groups excluding carboxylic acids is 2. The summed E-state index contributed by atoms with van der Waals surface area (Å²) >= 11 is 1.87. The monoisotopic (exact) mass is 436 g/mol. The van der Waals surface area contributed by atoms with Gasteiger partial charge in [-0.3, -0.25) is 14.6 Å². The van der Waals surface area contributed by atoms with E-state index in [0.29, 0.717) is 11.1 Å². The van der Waals surface area contributed by atoms with Gasteiger partial charge in [-0.25, -0.2) is 0 Å². The molecular formula is C25H28N2O3S. The highest BCUT2D eigenvalue weighted by molar-refractivity contribution is 7.99. The van der Waals surface area contributed by atoms with Crippen molar-refractivity contribution in [1.82, 2.24) is 4.90 Å². The van der Waals surface area contributed by atoms with E-state index in [9.17, 15) is 9.59 Å². The molecule has 0 N–H and O–H groups in total. The zero-order valence-electron chi connectivity index (χ0n) is 18.3. The second-order valence-corrected chi connectivity index (χ2v) is 9.88. The highest BCUT2D eigenvalue weighted by Gasteiger charge is 2.28. The molecule has 0 aliphatic carbocycles. The normalized spacial score (nSPS) is 17.5. The van der Waals surface area contributed by atoms with Crippen LogP contribution in [0.3, 0.4) is 0 Å². The number of ketones is 1. The molecule has 2 aromatic carbocycles. The third-order valence-electron chi connectivity index (χ3n) is 5.75. The van der Waals surface area contributed by atoms with Crippen LogP contribution in [-0.2, 0) is 6.42 Å². The van der Waals surface area contributed by atoms with E-state index in [4.69, 9.17) is 9.73 Å². The Hall–Kier alpha value is -2.60. The number of aliphatic imine (C=N–C) groups is 1. The van der Waals surface area contributed by atoms with Crippen LogP contribution >= 0.6 is 11.8 Å². The standard InChI is InChI=1S/C25H28N2O3S/c1-25(2)16-19-7-8-20(30-3)14-21(19)22(26-25)15-23(28)17-5-4-6-18(13-17)24(29)27-9-11-31-12-10-27/h4-8,13-14H,9-12,15-16H2,1-3H3. The molecule has 0 unspecified atom stereocenters. The molecule has 6 heteroatoms. The fraction of sp³-hybridized carbons (Fsp3) is 0.400. The molecule has 0 saturated carbocycles. The molecule has 2 heterocycles. The van der Waals surface area contributed by atoms with Crippen LogP contribution in [0.2, 0.25) is 0 Å². The van der Waals surface area contributed by atoms with E-state index in [0.717, 1.165) is 48.0 Å². The summed E-state index contributed by atoms with van der Waals surface area (Å²) in [4.78, 5) is 32.8. The lowest BCUT2D eigenvalue weighted by Gasteiger charge is -2.29. The number of rotatable bonds is 5. The van der Waals surface area contributed by atoms with E-state index in [1.54, 1.807) is 31.4 Å². The van der Waals surface area contributed by atoms with Crippen molar-refractivity contribution in [3.8, 4) is 5.75 Å². The predicted molar refractivity (Wildman–Crippen MR) is 126 cm³/mol. The van der Waals surface area contributed by atoms with Gasteiger partial charge in [0.25, 0.3) is 5.91 Å². The average Bonchev–Trinajstić information content (AvgIpc) is 2.78. The topological polar surface area (TPSA) is 59.0 Å². The van der Waals surface area contributed by atoms with Gasteiger partial charge in [0.15, 0.2) is 5.78 Å². The van der Waals surface area contributed by atoms with Crippen LogP contribution in [0.4, 0.5) is 0 Å². The summed E-state index contributed by atoms with van der Waals surface area (Å²) < 4.78 is 5.39.